The highest BCUT2D eigenvalue weighted by molar-refractivity contribution is 8.00. The van der Waals surface area contributed by atoms with Crippen LogP contribution in [0.2, 0.25) is 10.0 Å². The van der Waals surface area contributed by atoms with Gasteiger partial charge in [-0.15, -0.1) is 22.7 Å². The van der Waals surface area contributed by atoms with Gasteiger partial charge in [0.15, 0.2) is 5.13 Å². The molecule has 0 atom stereocenters. The Balaban J connectivity index is 1.47. The zero-order valence-corrected chi connectivity index (χ0v) is 16.6. The highest BCUT2D eigenvalue weighted by Crippen LogP contribution is 2.26. The van der Waals surface area contributed by atoms with Gasteiger partial charge in [-0.2, -0.15) is 0 Å². The van der Waals surface area contributed by atoms with Crippen LogP contribution in [0, 0.1) is 0 Å². The van der Waals surface area contributed by atoms with Gasteiger partial charge in [0.1, 0.15) is 4.34 Å². The van der Waals surface area contributed by atoms with Crippen molar-refractivity contribution in [2.24, 2.45) is 0 Å². The van der Waals surface area contributed by atoms with Crippen LogP contribution < -0.4 is 10.6 Å². The molecule has 0 radical (unpaired) electrons. The van der Waals surface area contributed by atoms with E-state index >= 15 is 0 Å². The topological polar surface area (TPSA) is 66.9 Å². The maximum Gasteiger partial charge on any atom is 0.321 e. The van der Waals surface area contributed by atoms with Crippen LogP contribution in [-0.4, -0.2) is 16.0 Å². The molecule has 3 rings (SSSR count). The van der Waals surface area contributed by atoms with Crippen molar-refractivity contribution < 1.29 is 4.79 Å². The highest BCUT2D eigenvalue weighted by atomic mass is 35.5. The Labute approximate surface area is 166 Å². The number of benzene rings is 1. The number of amides is 2. The summed E-state index contributed by atoms with van der Waals surface area (Å²) < 4.78 is 1.00. The molecule has 2 heterocycles. The number of nitrogens with one attached hydrogen (secondary N) is 2. The summed E-state index contributed by atoms with van der Waals surface area (Å²) in [7, 11) is 0. The Hall–Kier alpha value is -1.32. The molecule has 0 unspecified atom stereocenters. The fourth-order valence-corrected chi connectivity index (χ4v) is 4.48. The van der Waals surface area contributed by atoms with Crippen molar-refractivity contribution in [3.05, 3.63) is 56.5 Å². The fraction of sp³-hybridized carbons (Fsp3) is 0.133. The minimum absolute atomic E-state index is 0.320. The van der Waals surface area contributed by atoms with Gasteiger partial charge in [0, 0.05) is 29.3 Å². The van der Waals surface area contributed by atoms with Crippen molar-refractivity contribution in [3.8, 4) is 0 Å². The molecule has 2 aromatic heterocycles. The lowest BCUT2D eigenvalue weighted by Crippen LogP contribution is -2.28. The number of hydrogen-bond donors (Lipinski definition) is 2. The average molecular weight is 431 g/mol. The first kappa shape index (κ1) is 18.5. The van der Waals surface area contributed by atoms with Crippen LogP contribution in [0.15, 0.2) is 39.5 Å². The molecule has 130 valence electrons. The smallest absolute Gasteiger partial charge is 0.321 e. The van der Waals surface area contributed by atoms with E-state index in [9.17, 15) is 4.79 Å². The summed E-state index contributed by atoms with van der Waals surface area (Å²) in [6.07, 6.45) is 1.78. The van der Waals surface area contributed by atoms with Gasteiger partial charge in [-0.05, 0) is 17.7 Å². The third-order valence-corrected chi connectivity index (χ3v) is 6.51. The number of halogens is 2. The molecule has 0 spiro atoms. The zero-order chi connectivity index (χ0) is 17.6. The molecule has 2 amide bonds. The monoisotopic (exact) mass is 430 g/mol. The molecule has 25 heavy (non-hydrogen) atoms. The Morgan fingerprint density at radius 2 is 2.12 bits per heavy atom. The second-order valence-electron chi connectivity index (χ2n) is 4.79. The first-order chi connectivity index (χ1) is 12.1. The van der Waals surface area contributed by atoms with Crippen LogP contribution in [0.1, 0.15) is 11.3 Å². The van der Waals surface area contributed by atoms with Gasteiger partial charge in [-0.1, -0.05) is 41.0 Å². The Bertz CT molecular complexity index is 854. The van der Waals surface area contributed by atoms with Gasteiger partial charge in [-0.25, -0.2) is 14.8 Å². The fourth-order valence-electron chi connectivity index (χ4n) is 1.82. The number of anilines is 1. The van der Waals surface area contributed by atoms with Gasteiger partial charge in [0.2, 0.25) is 0 Å². The number of carbonyl (C=O) groups excluding carboxylic acids is 1. The van der Waals surface area contributed by atoms with Crippen molar-refractivity contribution in [3.63, 3.8) is 0 Å². The largest absolute Gasteiger partial charge is 0.334 e. The quantitative estimate of drug-likeness (QED) is 0.505. The van der Waals surface area contributed by atoms with E-state index in [1.807, 2.05) is 16.8 Å². The Morgan fingerprint density at radius 1 is 1.24 bits per heavy atom. The number of thiazole rings is 2. The lowest BCUT2D eigenvalue weighted by atomic mass is 10.2. The normalized spacial score (nSPS) is 10.6. The van der Waals surface area contributed by atoms with Crippen LogP contribution in [0.25, 0.3) is 0 Å². The van der Waals surface area contributed by atoms with Crippen LogP contribution in [0.5, 0.6) is 0 Å². The first-order valence-corrected chi connectivity index (χ1v) is 10.6. The van der Waals surface area contributed by atoms with E-state index in [2.05, 4.69) is 20.6 Å². The number of thioether (sulfide) groups is 1. The molecular formula is C15H12Cl2N4OS3. The van der Waals surface area contributed by atoms with E-state index in [-0.39, 0.29) is 6.03 Å². The molecule has 0 saturated carbocycles. The third-order valence-electron chi connectivity index (χ3n) is 2.96. The van der Waals surface area contributed by atoms with Crippen molar-refractivity contribution in [1.82, 2.24) is 15.3 Å². The predicted molar refractivity (Wildman–Crippen MR) is 106 cm³/mol. The summed E-state index contributed by atoms with van der Waals surface area (Å²) >= 11 is 16.4. The summed E-state index contributed by atoms with van der Waals surface area (Å²) in [5.41, 5.74) is 1.77. The maximum absolute atomic E-state index is 12.0. The molecule has 0 fully saturated rings. The molecule has 3 aromatic rings. The van der Waals surface area contributed by atoms with Gasteiger partial charge in [0.05, 0.1) is 15.7 Å². The van der Waals surface area contributed by atoms with Crippen LogP contribution in [0.3, 0.4) is 0 Å². The number of hydrogen-bond acceptors (Lipinski definition) is 6. The molecule has 1 aromatic carbocycles. The van der Waals surface area contributed by atoms with E-state index in [1.165, 1.54) is 11.3 Å². The predicted octanol–water partition coefficient (Wildman–Crippen LogP) is 5.52. The van der Waals surface area contributed by atoms with Crippen molar-refractivity contribution in [2.75, 3.05) is 5.32 Å². The number of rotatable bonds is 6. The molecule has 0 aliphatic rings. The summed E-state index contributed by atoms with van der Waals surface area (Å²) in [5.74, 6) is 0.719. The first-order valence-electron chi connectivity index (χ1n) is 7.05. The van der Waals surface area contributed by atoms with Gasteiger partial charge in [0.25, 0.3) is 0 Å². The highest BCUT2D eigenvalue weighted by Gasteiger charge is 2.08. The number of urea groups is 1. The maximum atomic E-state index is 12.0. The molecule has 0 bridgehead atoms. The number of carbonyl (C=O) groups is 1. The van der Waals surface area contributed by atoms with Crippen molar-refractivity contribution >= 4 is 68.8 Å². The van der Waals surface area contributed by atoms with E-state index in [0.717, 1.165) is 21.3 Å². The van der Waals surface area contributed by atoms with E-state index in [0.29, 0.717) is 21.7 Å². The van der Waals surface area contributed by atoms with Crippen LogP contribution >= 0.6 is 57.6 Å². The third kappa shape index (κ3) is 5.58. The van der Waals surface area contributed by atoms with E-state index in [4.69, 9.17) is 23.2 Å². The van der Waals surface area contributed by atoms with E-state index in [1.54, 1.807) is 41.4 Å². The van der Waals surface area contributed by atoms with Gasteiger partial charge in [-0.3, -0.25) is 5.32 Å². The molecule has 0 aliphatic carbocycles. The Morgan fingerprint density at radius 3 is 2.88 bits per heavy atom. The van der Waals surface area contributed by atoms with Crippen LogP contribution in [0.4, 0.5) is 9.93 Å². The van der Waals surface area contributed by atoms with E-state index < -0.39 is 0 Å². The van der Waals surface area contributed by atoms with Crippen molar-refractivity contribution in [1.29, 1.82) is 0 Å². The Kier molecular flexibility index (Phi) is 6.55. The standard InChI is InChI=1S/C15H12Cl2N4OS3/c16-11-2-1-9(5-12(11)17)6-19-13(22)21-14-20-10(7-24-14)8-25-15-18-3-4-23-15/h1-5,7H,6,8H2,(H2,19,20,21,22). The molecule has 0 aliphatic heterocycles. The average Bonchev–Trinajstić information content (AvgIpc) is 3.26. The number of aromatic nitrogens is 2. The SMILES string of the molecule is O=C(NCc1ccc(Cl)c(Cl)c1)Nc1nc(CSc2nccs2)cs1. The molecule has 10 heteroatoms. The lowest BCUT2D eigenvalue weighted by molar-refractivity contribution is 0.251. The van der Waals surface area contributed by atoms with Crippen LogP contribution in [-0.2, 0) is 12.3 Å². The minimum Gasteiger partial charge on any atom is -0.334 e. The summed E-state index contributed by atoms with van der Waals surface area (Å²) in [6.45, 7) is 0.348. The van der Waals surface area contributed by atoms with Crippen molar-refractivity contribution in [2.45, 2.75) is 16.6 Å². The molecule has 2 N–H and O–H groups in total. The second kappa shape index (κ2) is 8.86. The molecular weight excluding hydrogens is 419 g/mol. The molecule has 5 nitrogen and oxygen atoms in total. The second-order valence-corrected chi connectivity index (χ2v) is 8.58. The summed E-state index contributed by atoms with van der Waals surface area (Å²) in [5, 5.41) is 10.9. The minimum atomic E-state index is -0.320. The van der Waals surface area contributed by atoms with Gasteiger partial charge < -0.3 is 5.32 Å². The summed E-state index contributed by atoms with van der Waals surface area (Å²) in [4.78, 5) is 20.6. The summed E-state index contributed by atoms with van der Waals surface area (Å²) in [6, 6.07) is 4.92. The lowest BCUT2D eigenvalue weighted by Gasteiger charge is -2.06. The zero-order valence-electron chi connectivity index (χ0n) is 12.7. The van der Waals surface area contributed by atoms with Gasteiger partial charge >= 0.3 is 6.03 Å². The number of nitrogens with zero attached hydrogens (tertiary/aromatic N) is 2. The molecule has 0 saturated heterocycles.